The number of carboxylic acids is 2. The van der Waals surface area contributed by atoms with E-state index in [0.29, 0.717) is 0 Å². The maximum Gasteiger partial charge on any atom is 2.00 e. The summed E-state index contributed by atoms with van der Waals surface area (Å²) in [5.41, 5.74) is 0. The van der Waals surface area contributed by atoms with E-state index in [1.54, 1.807) is 0 Å². The first-order valence-electron chi connectivity index (χ1n) is 10.2. The minimum Gasteiger partial charge on any atom is -0.547 e. The van der Waals surface area contributed by atoms with Crippen molar-refractivity contribution in [3.8, 4) is 0 Å². The third kappa shape index (κ3) is 17.1. The van der Waals surface area contributed by atoms with Crippen molar-refractivity contribution in [2.24, 2.45) is 0 Å². The molecule has 0 aromatic rings. The third-order valence-electron chi connectivity index (χ3n) is 4.41. The molecule has 0 aromatic heterocycles. The van der Waals surface area contributed by atoms with Crippen LogP contribution in [0.25, 0.3) is 0 Å². The fourth-order valence-corrected chi connectivity index (χ4v) is 1.94. The molecule has 0 heterocycles. The number of aliphatic carboxylic acids is 2. The van der Waals surface area contributed by atoms with Crippen LogP contribution in [-0.4, -0.2) is 188 Å². The number of rotatable bonds is 15. The van der Waals surface area contributed by atoms with Crippen LogP contribution in [0, 0.1) is 0 Å². The van der Waals surface area contributed by atoms with E-state index < -0.39 is 105 Å². The average Bonchev–Trinajstić information content (AvgIpc) is 2.92. The van der Waals surface area contributed by atoms with E-state index in [1.165, 1.54) is 0 Å². The Morgan fingerprint density at radius 2 is 0.744 bits per heavy atom. The molecule has 0 saturated carbocycles. The van der Waals surface area contributed by atoms with Gasteiger partial charge in [0.1, 0.15) is 73.2 Å². The first-order chi connectivity index (χ1) is 17.4. The van der Waals surface area contributed by atoms with Gasteiger partial charge < -0.3 is 101 Å². The van der Waals surface area contributed by atoms with Gasteiger partial charge in [0.25, 0.3) is 0 Å². The van der Waals surface area contributed by atoms with Crippen LogP contribution in [0.1, 0.15) is 0 Å². The summed E-state index contributed by atoms with van der Waals surface area (Å²) in [6.07, 6.45) is -23.0. The van der Waals surface area contributed by atoms with Crippen molar-refractivity contribution in [2.75, 3.05) is 19.8 Å². The Morgan fingerprint density at radius 1 is 0.513 bits per heavy atom. The molecule has 228 valence electrons. The standard InChI is InChI=1S/2C6H12O7.C6H12O6.Zn/c2*7-1-2(8)3(9)4(10)5(11)6(12)13;7-1-3(9)5(11)6(12)4(10)2-8;/h2*2-5,7-11H,1H2,(H,12,13);1,3-6,8-12H,2H2;/q;;;+2/p-2/t2*2-,3-,4+,5-;3-,4+,5+,6+;/m110./s1. The van der Waals surface area contributed by atoms with Gasteiger partial charge in [0, 0.05) is 0 Å². The number of carboxylic acid groups (broad SMARTS) is 2. The normalized spacial score (nSPS) is 20.1. The number of carbonyl (C=O) groups excluding carboxylic acids is 3. The summed E-state index contributed by atoms with van der Waals surface area (Å²) in [5, 5.41) is 150. The topological polar surface area (TPSA) is 401 Å². The Bertz CT molecular complexity index is 618. The second-order valence-electron chi connectivity index (χ2n) is 7.35. The number of aliphatic hydroxyl groups is 15. The van der Waals surface area contributed by atoms with Gasteiger partial charge in [-0.3, -0.25) is 0 Å². The molecule has 0 aliphatic rings. The van der Waals surface area contributed by atoms with Crippen molar-refractivity contribution in [1.29, 1.82) is 0 Å². The molecule has 0 spiro atoms. The molecule has 0 saturated heterocycles. The molecular weight excluding hydrogens is 602 g/mol. The van der Waals surface area contributed by atoms with Gasteiger partial charge in [0.05, 0.1) is 31.8 Å². The SMILES string of the molecule is O=C([O-])[C@H](O)[C@@H](O)[C@H](O)[C@H](O)CO.O=C([O-])[C@H](O)[C@@H](O)[C@H](O)[C@H](O)CO.O=C[C@H](O)[C@@H](O)[C@H](O)[C@H](O)CO.[Zn+2]. The number of aliphatic hydroxyl groups excluding tert-OH is 15. The fourth-order valence-electron chi connectivity index (χ4n) is 1.94. The van der Waals surface area contributed by atoms with E-state index in [0.717, 1.165) is 0 Å². The quantitative estimate of drug-likeness (QED) is 0.0586. The Labute approximate surface area is 232 Å². The molecule has 39 heavy (non-hydrogen) atoms. The molecule has 15 N–H and O–H groups in total. The number of hydrogen-bond acceptors (Lipinski definition) is 20. The molecular formula is C18H34O20Zn. The number of aldehydes is 1. The molecule has 0 aromatic carbocycles. The molecule has 0 aliphatic heterocycles. The molecule has 0 aliphatic carbocycles. The van der Waals surface area contributed by atoms with Crippen LogP contribution in [-0.2, 0) is 33.9 Å². The van der Waals surface area contributed by atoms with Crippen molar-refractivity contribution in [2.45, 2.75) is 73.2 Å². The average molecular weight is 636 g/mol. The second kappa shape index (κ2) is 23.3. The van der Waals surface area contributed by atoms with Gasteiger partial charge in [0.15, 0.2) is 6.29 Å². The van der Waals surface area contributed by atoms with Crippen molar-refractivity contribution < 1.29 is 121 Å². The van der Waals surface area contributed by atoms with Crippen LogP contribution in [0.15, 0.2) is 0 Å². The monoisotopic (exact) mass is 634 g/mol. The summed E-state index contributed by atoms with van der Waals surface area (Å²) in [4.78, 5) is 29.9. The van der Waals surface area contributed by atoms with Gasteiger partial charge in [-0.15, -0.1) is 0 Å². The first kappa shape index (κ1) is 44.6. The third-order valence-corrected chi connectivity index (χ3v) is 4.41. The molecule has 20 nitrogen and oxygen atoms in total. The summed E-state index contributed by atoms with van der Waals surface area (Å²) in [6.45, 7) is -2.49. The molecule has 0 bridgehead atoms. The Kier molecular flexibility index (Phi) is 26.7. The van der Waals surface area contributed by atoms with E-state index >= 15 is 0 Å². The molecule has 0 amide bonds. The summed E-state index contributed by atoms with van der Waals surface area (Å²) in [7, 11) is 0. The fraction of sp³-hybridized carbons (Fsp3) is 0.833. The number of hydrogen-bond donors (Lipinski definition) is 15. The Balaban J connectivity index is -0.000000233. The zero-order valence-electron chi connectivity index (χ0n) is 20.1. The van der Waals surface area contributed by atoms with Crippen molar-refractivity contribution in [3.05, 3.63) is 0 Å². The summed E-state index contributed by atoms with van der Waals surface area (Å²) in [5.74, 6) is -3.95. The molecule has 0 radical (unpaired) electrons. The van der Waals surface area contributed by atoms with E-state index in [4.69, 9.17) is 76.6 Å². The van der Waals surface area contributed by atoms with E-state index in [2.05, 4.69) is 0 Å². The molecule has 21 heteroatoms. The van der Waals surface area contributed by atoms with Gasteiger partial charge in [0.2, 0.25) is 0 Å². The summed E-state index contributed by atoms with van der Waals surface area (Å²) < 4.78 is 0. The van der Waals surface area contributed by atoms with E-state index in [9.17, 15) is 24.6 Å². The largest absolute Gasteiger partial charge is 2.00 e. The van der Waals surface area contributed by atoms with Crippen LogP contribution in [0.3, 0.4) is 0 Å². The van der Waals surface area contributed by atoms with Gasteiger partial charge in [-0.1, -0.05) is 0 Å². The van der Waals surface area contributed by atoms with Crippen molar-refractivity contribution in [1.82, 2.24) is 0 Å². The van der Waals surface area contributed by atoms with Gasteiger partial charge in [-0.25, -0.2) is 0 Å². The molecule has 0 unspecified atom stereocenters. The zero-order valence-corrected chi connectivity index (χ0v) is 23.1. The van der Waals surface area contributed by atoms with E-state index in [-0.39, 0.29) is 25.8 Å². The van der Waals surface area contributed by atoms with Crippen LogP contribution in [0.5, 0.6) is 0 Å². The smallest absolute Gasteiger partial charge is 0.547 e. The van der Waals surface area contributed by atoms with Crippen molar-refractivity contribution >= 4 is 18.2 Å². The first-order valence-corrected chi connectivity index (χ1v) is 10.2. The maximum atomic E-state index is 9.98. The molecule has 0 rings (SSSR count). The number of carbonyl (C=O) groups is 3. The predicted molar refractivity (Wildman–Crippen MR) is 109 cm³/mol. The van der Waals surface area contributed by atoms with Crippen molar-refractivity contribution in [3.63, 3.8) is 0 Å². The van der Waals surface area contributed by atoms with E-state index in [1.807, 2.05) is 0 Å². The maximum absolute atomic E-state index is 9.98. The van der Waals surface area contributed by atoms with Crippen LogP contribution in [0.4, 0.5) is 0 Å². The summed E-state index contributed by atoms with van der Waals surface area (Å²) in [6, 6.07) is 0. The Morgan fingerprint density at radius 3 is 0.923 bits per heavy atom. The Hall–Kier alpha value is -1.37. The second-order valence-corrected chi connectivity index (χ2v) is 7.35. The molecule has 12 atom stereocenters. The zero-order chi connectivity index (χ0) is 30.9. The molecule has 0 fully saturated rings. The minimum absolute atomic E-state index is 0. The predicted octanol–water partition coefficient (Wildman–Crippen LogP) is -13.0. The summed E-state index contributed by atoms with van der Waals surface area (Å²) >= 11 is 0. The van der Waals surface area contributed by atoms with Gasteiger partial charge in [-0.2, -0.15) is 0 Å². The minimum atomic E-state index is -2.31. The van der Waals surface area contributed by atoms with Crippen LogP contribution in [0.2, 0.25) is 0 Å². The van der Waals surface area contributed by atoms with Gasteiger partial charge in [-0.05, 0) is 0 Å². The van der Waals surface area contributed by atoms with Crippen LogP contribution >= 0.6 is 0 Å². The van der Waals surface area contributed by atoms with Crippen LogP contribution < -0.4 is 10.2 Å². The van der Waals surface area contributed by atoms with Gasteiger partial charge >= 0.3 is 19.5 Å².